The van der Waals surface area contributed by atoms with Crippen LogP contribution in [0.25, 0.3) is 0 Å². The topological polar surface area (TPSA) is 88.1 Å². The van der Waals surface area contributed by atoms with E-state index < -0.39 is 16.1 Å². The number of anilines is 1. The number of sulfonamides is 1. The van der Waals surface area contributed by atoms with Crippen molar-refractivity contribution in [2.75, 3.05) is 18.9 Å². The van der Waals surface area contributed by atoms with Gasteiger partial charge in [0.15, 0.2) is 6.10 Å². The molecule has 8 heteroatoms. The van der Waals surface area contributed by atoms with Crippen molar-refractivity contribution in [3.63, 3.8) is 0 Å². The lowest BCUT2D eigenvalue weighted by Crippen LogP contribution is -2.30. The molecule has 7 nitrogen and oxygen atoms in total. The number of carbonyl (C=O) groups is 1. The van der Waals surface area contributed by atoms with Gasteiger partial charge in [-0.2, -0.15) is 8.42 Å². The average Bonchev–Trinajstić information content (AvgIpc) is 3.08. The molecule has 1 atom stereocenters. The first-order chi connectivity index (χ1) is 13.7. The molecule has 0 saturated carbocycles. The quantitative estimate of drug-likeness (QED) is 0.783. The second kappa shape index (κ2) is 8.65. The lowest BCUT2D eigenvalue weighted by molar-refractivity contribution is -0.122. The number of likely N-dealkylation sites (tertiary alicyclic amines) is 1. The number of nitrogens with zero attached hydrogens (tertiary/aromatic N) is 2. The Hall–Kier alpha value is -2.87. The Balaban J connectivity index is 1.63. The van der Waals surface area contributed by atoms with Crippen molar-refractivity contribution < 1.29 is 17.9 Å². The summed E-state index contributed by atoms with van der Waals surface area (Å²) >= 11 is 0. The highest BCUT2D eigenvalue weighted by Crippen LogP contribution is 2.20. The standard InChI is InChI=1S/C21H25N3O4S/c1-15-6-10-18(11-7-15)28-16(2)21(25)22-17-8-12-19(13-9-17)29(26,27)23-20-5-4-14-24(20)3/h6-13,16H,4-5,14H2,1-3H3,(H,22,25). The maximum Gasteiger partial charge on any atom is 0.283 e. The molecule has 0 aliphatic carbocycles. The van der Waals surface area contributed by atoms with E-state index in [-0.39, 0.29) is 10.8 Å². The minimum absolute atomic E-state index is 0.0900. The van der Waals surface area contributed by atoms with Crippen LogP contribution in [0.4, 0.5) is 5.69 Å². The summed E-state index contributed by atoms with van der Waals surface area (Å²) in [6.45, 7) is 4.44. The number of aryl methyl sites for hydroxylation is 1. The van der Waals surface area contributed by atoms with Gasteiger partial charge in [-0.3, -0.25) is 4.79 Å². The predicted molar refractivity (Wildman–Crippen MR) is 113 cm³/mol. The van der Waals surface area contributed by atoms with Crippen LogP contribution in [0.5, 0.6) is 5.75 Å². The van der Waals surface area contributed by atoms with Crippen LogP contribution in [-0.4, -0.2) is 44.8 Å². The Morgan fingerprint density at radius 3 is 2.38 bits per heavy atom. The molecule has 0 bridgehead atoms. The van der Waals surface area contributed by atoms with Crippen LogP contribution in [0.2, 0.25) is 0 Å². The third kappa shape index (κ3) is 5.35. The van der Waals surface area contributed by atoms with Crippen LogP contribution in [0.3, 0.4) is 0 Å². The highest BCUT2D eigenvalue weighted by atomic mass is 32.2. The van der Waals surface area contributed by atoms with Crippen molar-refractivity contribution in [1.29, 1.82) is 0 Å². The van der Waals surface area contributed by atoms with Crippen LogP contribution in [-0.2, 0) is 14.8 Å². The molecule has 1 fully saturated rings. The Bertz CT molecular complexity index is 999. The van der Waals surface area contributed by atoms with E-state index in [2.05, 4.69) is 9.71 Å². The molecule has 2 aromatic carbocycles. The third-order valence-corrected chi connectivity index (χ3v) is 6.00. The normalized spacial score (nSPS) is 16.7. The molecule has 2 aromatic rings. The van der Waals surface area contributed by atoms with Gasteiger partial charge in [0, 0.05) is 25.7 Å². The van der Waals surface area contributed by atoms with Gasteiger partial charge in [0.25, 0.3) is 15.9 Å². The van der Waals surface area contributed by atoms with Crippen molar-refractivity contribution in [3.8, 4) is 5.75 Å². The minimum Gasteiger partial charge on any atom is -0.481 e. The monoisotopic (exact) mass is 415 g/mol. The number of amides is 1. The average molecular weight is 416 g/mol. The van der Waals surface area contributed by atoms with Crippen molar-refractivity contribution in [1.82, 2.24) is 4.90 Å². The van der Waals surface area contributed by atoms with Gasteiger partial charge < -0.3 is 15.0 Å². The van der Waals surface area contributed by atoms with Crippen molar-refractivity contribution in [2.45, 2.75) is 37.7 Å². The van der Waals surface area contributed by atoms with Crippen LogP contribution in [0.15, 0.2) is 57.8 Å². The molecular formula is C21H25N3O4S. The van der Waals surface area contributed by atoms with E-state index in [4.69, 9.17) is 4.74 Å². The van der Waals surface area contributed by atoms with Crippen molar-refractivity contribution in [3.05, 3.63) is 54.1 Å². The molecule has 1 saturated heterocycles. The molecule has 1 aliphatic heterocycles. The first-order valence-electron chi connectivity index (χ1n) is 9.44. The second-order valence-electron chi connectivity index (χ2n) is 7.09. The molecule has 1 unspecified atom stereocenters. The highest BCUT2D eigenvalue weighted by molar-refractivity contribution is 7.90. The van der Waals surface area contributed by atoms with Crippen LogP contribution >= 0.6 is 0 Å². The number of nitrogens with one attached hydrogen (secondary N) is 1. The van der Waals surface area contributed by atoms with E-state index in [1.807, 2.05) is 43.1 Å². The summed E-state index contributed by atoms with van der Waals surface area (Å²) in [5.74, 6) is 0.856. The fourth-order valence-electron chi connectivity index (χ4n) is 2.93. The zero-order chi connectivity index (χ0) is 21.0. The maximum atomic E-state index is 12.5. The first-order valence-corrected chi connectivity index (χ1v) is 10.9. The molecule has 1 aliphatic rings. The molecule has 154 valence electrons. The van der Waals surface area contributed by atoms with Crippen LogP contribution in [0.1, 0.15) is 25.3 Å². The number of benzene rings is 2. The number of hydrogen-bond acceptors (Lipinski definition) is 4. The van der Waals surface area contributed by atoms with Gasteiger partial charge in [-0.05, 0) is 56.7 Å². The van der Waals surface area contributed by atoms with Crippen molar-refractivity contribution >= 4 is 27.5 Å². The van der Waals surface area contributed by atoms with E-state index in [0.29, 0.717) is 23.7 Å². The molecule has 1 heterocycles. The Morgan fingerprint density at radius 1 is 1.14 bits per heavy atom. The van der Waals surface area contributed by atoms with Gasteiger partial charge in [0.05, 0.1) is 4.90 Å². The molecule has 0 radical (unpaired) electrons. The number of amidine groups is 1. The number of ether oxygens (including phenoxy) is 1. The summed E-state index contributed by atoms with van der Waals surface area (Å²) in [7, 11) is -1.94. The van der Waals surface area contributed by atoms with Gasteiger partial charge in [0.2, 0.25) is 0 Å². The van der Waals surface area contributed by atoms with Gasteiger partial charge in [0.1, 0.15) is 11.6 Å². The third-order valence-electron chi connectivity index (χ3n) is 4.68. The molecule has 1 amide bonds. The lowest BCUT2D eigenvalue weighted by atomic mass is 10.2. The van der Waals surface area contributed by atoms with Crippen molar-refractivity contribution in [2.24, 2.45) is 4.40 Å². The minimum atomic E-state index is -3.77. The smallest absolute Gasteiger partial charge is 0.283 e. The van der Waals surface area contributed by atoms with E-state index in [0.717, 1.165) is 18.5 Å². The Morgan fingerprint density at radius 2 is 1.79 bits per heavy atom. The molecular weight excluding hydrogens is 390 g/mol. The Labute approximate surface area is 171 Å². The number of hydrogen-bond donors (Lipinski definition) is 1. The molecule has 0 spiro atoms. The fourth-order valence-corrected chi connectivity index (χ4v) is 4.02. The van der Waals surface area contributed by atoms with E-state index in [1.165, 1.54) is 12.1 Å². The van der Waals surface area contributed by atoms with E-state index in [9.17, 15) is 13.2 Å². The SMILES string of the molecule is Cc1ccc(OC(C)C(=O)Nc2ccc(S(=O)(=O)N=C3CCCN3C)cc2)cc1. The van der Waals surface area contributed by atoms with Gasteiger partial charge >= 0.3 is 0 Å². The molecule has 3 rings (SSSR count). The van der Waals surface area contributed by atoms with E-state index >= 15 is 0 Å². The molecule has 29 heavy (non-hydrogen) atoms. The van der Waals surface area contributed by atoms with E-state index in [1.54, 1.807) is 19.1 Å². The predicted octanol–water partition coefficient (Wildman–Crippen LogP) is 3.21. The van der Waals surface area contributed by atoms with Gasteiger partial charge in [-0.1, -0.05) is 17.7 Å². The fraction of sp³-hybridized carbons (Fsp3) is 0.333. The van der Waals surface area contributed by atoms with Gasteiger partial charge in [-0.25, -0.2) is 0 Å². The summed E-state index contributed by atoms with van der Waals surface area (Å²) in [5.41, 5.74) is 1.59. The molecule has 1 N–H and O–H groups in total. The summed E-state index contributed by atoms with van der Waals surface area (Å²) in [6, 6.07) is 13.4. The van der Waals surface area contributed by atoms with Crippen LogP contribution < -0.4 is 10.1 Å². The zero-order valence-electron chi connectivity index (χ0n) is 16.8. The lowest BCUT2D eigenvalue weighted by Gasteiger charge is -2.15. The zero-order valence-corrected chi connectivity index (χ0v) is 17.6. The van der Waals surface area contributed by atoms with Gasteiger partial charge in [-0.15, -0.1) is 4.40 Å². The summed E-state index contributed by atoms with van der Waals surface area (Å²) in [5, 5.41) is 2.73. The summed E-state index contributed by atoms with van der Waals surface area (Å²) in [4.78, 5) is 14.3. The van der Waals surface area contributed by atoms with Crippen LogP contribution in [0, 0.1) is 6.92 Å². The first kappa shape index (κ1) is 20.9. The maximum absolute atomic E-state index is 12.5. The summed E-state index contributed by atoms with van der Waals surface area (Å²) in [6.07, 6.45) is 0.854. The highest BCUT2D eigenvalue weighted by Gasteiger charge is 2.20. The number of rotatable bonds is 6. The second-order valence-corrected chi connectivity index (χ2v) is 8.70. The Kier molecular flexibility index (Phi) is 6.22. The molecule has 0 aromatic heterocycles. The number of carbonyl (C=O) groups excluding carboxylic acids is 1. The largest absolute Gasteiger partial charge is 0.481 e. The summed E-state index contributed by atoms with van der Waals surface area (Å²) < 4.78 is 34.5.